The fourth-order valence-corrected chi connectivity index (χ4v) is 5.19. The largest absolute Gasteiger partial charge is 0.352 e. The van der Waals surface area contributed by atoms with Gasteiger partial charge in [0.15, 0.2) is 0 Å². The van der Waals surface area contributed by atoms with E-state index in [1.807, 2.05) is 0 Å². The van der Waals surface area contributed by atoms with E-state index in [0.717, 1.165) is 25.4 Å². The quantitative estimate of drug-likeness (QED) is 0.830. The molecule has 1 amide bonds. The maximum Gasteiger partial charge on any atom is 0.220 e. The summed E-state index contributed by atoms with van der Waals surface area (Å²) in [4.78, 5) is 12.3. The van der Waals surface area contributed by atoms with Gasteiger partial charge in [-0.05, 0) is 67.9 Å². The Morgan fingerprint density at radius 1 is 1.30 bits per heavy atom. The SMILES string of the molecule is CC12CCC(C1)C(C)(C)C2NC(=O)CCC1CCNC1. The first-order chi connectivity index (χ1) is 9.42. The molecule has 0 aromatic rings. The molecule has 114 valence electrons. The van der Waals surface area contributed by atoms with Crippen molar-refractivity contribution < 1.29 is 4.79 Å². The monoisotopic (exact) mass is 278 g/mol. The lowest BCUT2D eigenvalue weighted by Crippen LogP contribution is -2.52. The van der Waals surface area contributed by atoms with Crippen LogP contribution in [0, 0.1) is 22.7 Å². The summed E-state index contributed by atoms with van der Waals surface area (Å²) in [5.74, 6) is 1.80. The molecule has 2 N–H and O–H groups in total. The van der Waals surface area contributed by atoms with Gasteiger partial charge in [-0.25, -0.2) is 0 Å². The Kier molecular flexibility index (Phi) is 3.60. The number of rotatable bonds is 4. The molecule has 0 aromatic heterocycles. The highest BCUT2D eigenvalue weighted by molar-refractivity contribution is 5.76. The van der Waals surface area contributed by atoms with Crippen molar-refractivity contribution in [3.05, 3.63) is 0 Å². The zero-order valence-corrected chi connectivity index (χ0v) is 13.3. The Morgan fingerprint density at radius 2 is 2.10 bits per heavy atom. The number of carbonyl (C=O) groups excluding carboxylic acids is 1. The van der Waals surface area contributed by atoms with Crippen LogP contribution in [0.15, 0.2) is 0 Å². The molecule has 4 atom stereocenters. The smallest absolute Gasteiger partial charge is 0.220 e. The van der Waals surface area contributed by atoms with Crippen molar-refractivity contribution in [1.29, 1.82) is 0 Å². The summed E-state index contributed by atoms with van der Waals surface area (Å²) in [6.07, 6.45) is 6.94. The highest BCUT2D eigenvalue weighted by Crippen LogP contribution is 2.62. The average molecular weight is 278 g/mol. The topological polar surface area (TPSA) is 41.1 Å². The Bertz CT molecular complexity index is 382. The molecule has 1 aliphatic heterocycles. The van der Waals surface area contributed by atoms with Crippen LogP contribution < -0.4 is 10.6 Å². The predicted octanol–water partition coefficient (Wildman–Crippen LogP) is 2.71. The van der Waals surface area contributed by atoms with Gasteiger partial charge >= 0.3 is 0 Å². The Hall–Kier alpha value is -0.570. The van der Waals surface area contributed by atoms with Crippen LogP contribution in [-0.2, 0) is 4.79 Å². The van der Waals surface area contributed by atoms with Crippen LogP contribution in [0.4, 0.5) is 0 Å². The van der Waals surface area contributed by atoms with Gasteiger partial charge in [0.25, 0.3) is 0 Å². The molecular weight excluding hydrogens is 248 g/mol. The minimum Gasteiger partial charge on any atom is -0.352 e. The summed E-state index contributed by atoms with van der Waals surface area (Å²) < 4.78 is 0. The van der Waals surface area contributed by atoms with Crippen LogP contribution in [0.25, 0.3) is 0 Å². The second kappa shape index (κ2) is 5.01. The van der Waals surface area contributed by atoms with Crippen molar-refractivity contribution in [1.82, 2.24) is 10.6 Å². The van der Waals surface area contributed by atoms with E-state index >= 15 is 0 Å². The highest BCUT2D eigenvalue weighted by Gasteiger charge is 2.59. The molecule has 3 aliphatic rings. The molecule has 20 heavy (non-hydrogen) atoms. The normalized spacial score (nSPS) is 42.0. The van der Waals surface area contributed by atoms with E-state index in [2.05, 4.69) is 31.4 Å². The van der Waals surface area contributed by atoms with Gasteiger partial charge in [-0.15, -0.1) is 0 Å². The third-order valence-corrected chi connectivity index (χ3v) is 6.52. The van der Waals surface area contributed by atoms with E-state index in [0.29, 0.717) is 23.8 Å². The first-order valence-electron chi connectivity index (χ1n) is 8.42. The first-order valence-corrected chi connectivity index (χ1v) is 8.42. The maximum absolute atomic E-state index is 12.3. The number of amides is 1. The average Bonchev–Trinajstić information content (AvgIpc) is 3.05. The van der Waals surface area contributed by atoms with Crippen molar-refractivity contribution >= 4 is 5.91 Å². The summed E-state index contributed by atoms with van der Waals surface area (Å²) >= 11 is 0. The fraction of sp³-hybridized carbons (Fsp3) is 0.941. The van der Waals surface area contributed by atoms with Crippen molar-refractivity contribution in [3.8, 4) is 0 Å². The first kappa shape index (κ1) is 14.4. The lowest BCUT2D eigenvalue weighted by Gasteiger charge is -2.43. The van der Waals surface area contributed by atoms with E-state index in [-0.39, 0.29) is 11.3 Å². The number of fused-ring (bicyclic) bond motifs is 2. The fourth-order valence-electron chi connectivity index (χ4n) is 5.19. The molecule has 0 spiro atoms. The van der Waals surface area contributed by atoms with Gasteiger partial charge in [-0.3, -0.25) is 4.79 Å². The van der Waals surface area contributed by atoms with Gasteiger partial charge in [0, 0.05) is 12.5 Å². The van der Waals surface area contributed by atoms with Crippen LogP contribution in [0.5, 0.6) is 0 Å². The molecule has 0 aromatic carbocycles. The van der Waals surface area contributed by atoms with Crippen molar-refractivity contribution in [2.75, 3.05) is 13.1 Å². The van der Waals surface area contributed by atoms with Crippen molar-refractivity contribution in [2.24, 2.45) is 22.7 Å². The van der Waals surface area contributed by atoms with Crippen molar-refractivity contribution in [3.63, 3.8) is 0 Å². The van der Waals surface area contributed by atoms with E-state index in [1.54, 1.807) is 0 Å². The molecule has 2 bridgehead atoms. The van der Waals surface area contributed by atoms with Crippen molar-refractivity contribution in [2.45, 2.75) is 65.3 Å². The summed E-state index contributed by atoms with van der Waals surface area (Å²) in [5, 5.41) is 6.78. The van der Waals surface area contributed by atoms with Gasteiger partial charge in [0.05, 0.1) is 0 Å². The van der Waals surface area contributed by atoms with Crippen LogP contribution in [-0.4, -0.2) is 25.0 Å². The number of hydrogen-bond donors (Lipinski definition) is 2. The Balaban J connectivity index is 1.55. The molecule has 1 saturated heterocycles. The standard InChI is InChI=1S/C17H30N2O/c1-16(2)13-6-8-17(3,10-13)15(16)19-14(20)5-4-12-7-9-18-11-12/h12-13,15,18H,4-11H2,1-3H3,(H,19,20). The molecule has 2 saturated carbocycles. The molecule has 3 fully saturated rings. The molecule has 3 nitrogen and oxygen atoms in total. The molecule has 4 unspecified atom stereocenters. The van der Waals surface area contributed by atoms with Crippen LogP contribution in [0.1, 0.15) is 59.3 Å². The van der Waals surface area contributed by atoms with E-state index in [4.69, 9.17) is 0 Å². The molecule has 3 rings (SSSR count). The van der Waals surface area contributed by atoms with Crippen LogP contribution >= 0.6 is 0 Å². The molecule has 3 heteroatoms. The minimum atomic E-state index is 0.275. The summed E-state index contributed by atoms with van der Waals surface area (Å²) in [6.45, 7) is 9.32. The lowest BCUT2D eigenvalue weighted by molar-refractivity contribution is -0.124. The molecular formula is C17H30N2O. The summed E-state index contributed by atoms with van der Waals surface area (Å²) in [7, 11) is 0. The minimum absolute atomic E-state index is 0.275. The van der Waals surface area contributed by atoms with E-state index in [9.17, 15) is 4.79 Å². The zero-order valence-electron chi connectivity index (χ0n) is 13.3. The van der Waals surface area contributed by atoms with Gasteiger partial charge in [0.2, 0.25) is 5.91 Å². The molecule has 1 heterocycles. The number of carbonyl (C=O) groups is 1. The third-order valence-electron chi connectivity index (χ3n) is 6.52. The molecule has 0 radical (unpaired) electrons. The maximum atomic E-state index is 12.3. The lowest BCUT2D eigenvalue weighted by atomic mass is 9.68. The van der Waals surface area contributed by atoms with Gasteiger partial charge < -0.3 is 10.6 Å². The van der Waals surface area contributed by atoms with Gasteiger partial charge in [0.1, 0.15) is 0 Å². The Labute approximate surface area is 123 Å². The van der Waals surface area contributed by atoms with E-state index in [1.165, 1.54) is 25.7 Å². The predicted molar refractivity (Wildman–Crippen MR) is 81.4 cm³/mol. The number of nitrogens with one attached hydrogen (secondary N) is 2. The van der Waals surface area contributed by atoms with Gasteiger partial charge in [-0.1, -0.05) is 20.8 Å². The van der Waals surface area contributed by atoms with Gasteiger partial charge in [-0.2, -0.15) is 0 Å². The second-order valence-electron chi connectivity index (χ2n) is 8.31. The highest BCUT2D eigenvalue weighted by atomic mass is 16.1. The Morgan fingerprint density at radius 3 is 2.70 bits per heavy atom. The second-order valence-corrected chi connectivity index (χ2v) is 8.31. The molecule has 2 aliphatic carbocycles. The van der Waals surface area contributed by atoms with Crippen LogP contribution in [0.2, 0.25) is 0 Å². The van der Waals surface area contributed by atoms with E-state index < -0.39 is 0 Å². The van der Waals surface area contributed by atoms with Crippen LogP contribution in [0.3, 0.4) is 0 Å². The zero-order chi connectivity index (χ0) is 14.4. The summed E-state index contributed by atoms with van der Waals surface area (Å²) in [5.41, 5.74) is 0.621. The third kappa shape index (κ3) is 2.38. The summed E-state index contributed by atoms with van der Waals surface area (Å²) in [6, 6.07) is 0.378. The number of hydrogen-bond acceptors (Lipinski definition) is 2.